The van der Waals surface area contributed by atoms with Gasteiger partial charge in [0.1, 0.15) is 6.10 Å². The highest BCUT2D eigenvalue weighted by molar-refractivity contribution is 5.88. The monoisotopic (exact) mass is 178 g/mol. The first-order valence-electron chi connectivity index (χ1n) is 3.49. The first-order valence-corrected chi connectivity index (χ1v) is 3.49. The Morgan fingerprint density at radius 2 is 1.75 bits per heavy atom. The minimum Gasteiger partial charge on any atom is -0.395 e. The lowest BCUT2D eigenvalue weighted by atomic mass is 10.0. The van der Waals surface area contributed by atoms with E-state index < -0.39 is 37.2 Å². The van der Waals surface area contributed by atoms with Crippen molar-refractivity contribution in [3.63, 3.8) is 0 Å². The van der Waals surface area contributed by atoms with Crippen molar-refractivity contribution in [1.82, 2.24) is 0 Å². The van der Waals surface area contributed by atoms with Crippen LogP contribution in [0.1, 0.15) is 0 Å². The molecule has 0 aromatic carbocycles. The molecule has 3 atom stereocenters. The summed E-state index contributed by atoms with van der Waals surface area (Å²) >= 11 is 0. The lowest BCUT2D eigenvalue weighted by molar-refractivity contribution is -0.130. The fourth-order valence-corrected chi connectivity index (χ4v) is 0.637. The smallest absolute Gasteiger partial charge is 0.181 e. The molecular formula is C6H14N2O4. The third kappa shape index (κ3) is 2.84. The van der Waals surface area contributed by atoms with Crippen LogP contribution < -0.4 is 11.5 Å². The van der Waals surface area contributed by atoms with E-state index in [1.54, 1.807) is 0 Å². The Morgan fingerprint density at radius 1 is 1.25 bits per heavy atom. The van der Waals surface area contributed by atoms with Crippen LogP contribution in [0, 0.1) is 0 Å². The van der Waals surface area contributed by atoms with E-state index in [2.05, 4.69) is 0 Å². The molecular weight excluding hydrogens is 164 g/mol. The fourth-order valence-electron chi connectivity index (χ4n) is 0.637. The summed E-state index contributed by atoms with van der Waals surface area (Å²) in [5, 5.41) is 25.7. The maximum Gasteiger partial charge on any atom is 0.181 e. The molecule has 0 fully saturated rings. The molecule has 0 aromatic rings. The number of aliphatic hydroxyl groups is 3. The van der Waals surface area contributed by atoms with Gasteiger partial charge in [0, 0.05) is 0 Å². The van der Waals surface area contributed by atoms with Crippen LogP contribution >= 0.6 is 0 Å². The van der Waals surface area contributed by atoms with E-state index in [0.717, 1.165) is 0 Å². The third-order valence-corrected chi connectivity index (χ3v) is 1.50. The second-order valence-electron chi connectivity index (χ2n) is 2.47. The Labute approximate surface area is 69.8 Å². The highest BCUT2D eigenvalue weighted by Gasteiger charge is 2.25. The highest BCUT2D eigenvalue weighted by Crippen LogP contribution is 1.93. The Kier molecular flexibility index (Phi) is 4.95. The predicted molar refractivity (Wildman–Crippen MR) is 41.1 cm³/mol. The number of Topliss-reactive ketones (excluding diaryl/α,β-unsaturated/α-hetero) is 1. The number of carbonyl (C=O) groups is 1. The molecule has 0 spiro atoms. The number of hydrogen-bond donors (Lipinski definition) is 5. The van der Waals surface area contributed by atoms with E-state index >= 15 is 0 Å². The standard InChI is InChI=1S/C6H14N2O4/c7-3(1-9)5(8)6(12)4(11)2-10/h3-5,9-11H,1-2,7-8H2/t3-,4+,5-/m0/s1. The Balaban J connectivity index is 4.09. The number of nitrogens with two attached hydrogens (primary N) is 2. The van der Waals surface area contributed by atoms with Crippen LogP contribution in [-0.4, -0.2) is 52.5 Å². The normalized spacial score (nSPS) is 18.4. The lowest BCUT2D eigenvalue weighted by Gasteiger charge is -2.18. The van der Waals surface area contributed by atoms with Crippen molar-refractivity contribution >= 4 is 5.78 Å². The molecule has 0 unspecified atom stereocenters. The number of ketones is 1. The van der Waals surface area contributed by atoms with E-state index in [4.69, 9.17) is 26.8 Å². The maximum absolute atomic E-state index is 10.9. The zero-order chi connectivity index (χ0) is 9.72. The Hall–Kier alpha value is -0.530. The van der Waals surface area contributed by atoms with Crippen LogP contribution in [0.4, 0.5) is 0 Å². The van der Waals surface area contributed by atoms with E-state index in [9.17, 15) is 4.79 Å². The summed E-state index contributed by atoms with van der Waals surface area (Å²) in [5.41, 5.74) is 10.5. The molecule has 0 heterocycles. The van der Waals surface area contributed by atoms with Crippen molar-refractivity contribution in [2.75, 3.05) is 13.2 Å². The average molecular weight is 178 g/mol. The van der Waals surface area contributed by atoms with E-state index in [1.165, 1.54) is 0 Å². The molecule has 72 valence electrons. The summed E-state index contributed by atoms with van der Waals surface area (Å²) in [6, 6.07) is -2.05. The number of hydrogen-bond acceptors (Lipinski definition) is 6. The van der Waals surface area contributed by atoms with Gasteiger partial charge in [-0.1, -0.05) is 0 Å². The molecule has 7 N–H and O–H groups in total. The van der Waals surface area contributed by atoms with Gasteiger partial charge in [0.05, 0.1) is 25.3 Å². The highest BCUT2D eigenvalue weighted by atomic mass is 16.3. The molecule has 12 heavy (non-hydrogen) atoms. The van der Waals surface area contributed by atoms with Gasteiger partial charge in [0.2, 0.25) is 0 Å². The predicted octanol–water partition coefficient (Wildman–Crippen LogP) is -3.44. The SMILES string of the molecule is N[C@H](C(=O)[C@H](O)CO)[C@@H](N)CO. The van der Waals surface area contributed by atoms with Crippen LogP contribution in [0.2, 0.25) is 0 Å². The van der Waals surface area contributed by atoms with Gasteiger partial charge in [-0.25, -0.2) is 0 Å². The molecule has 0 aromatic heterocycles. The summed E-state index contributed by atoms with van der Waals surface area (Å²) < 4.78 is 0. The molecule has 0 amide bonds. The zero-order valence-electron chi connectivity index (χ0n) is 6.55. The van der Waals surface area contributed by atoms with Crippen LogP contribution in [0.3, 0.4) is 0 Å². The van der Waals surface area contributed by atoms with Crippen molar-refractivity contribution in [3.8, 4) is 0 Å². The fraction of sp³-hybridized carbons (Fsp3) is 0.833. The summed E-state index contributed by atoms with van der Waals surface area (Å²) in [7, 11) is 0. The zero-order valence-corrected chi connectivity index (χ0v) is 6.55. The quantitative estimate of drug-likeness (QED) is 0.298. The first-order chi connectivity index (χ1) is 5.54. The molecule has 0 aliphatic rings. The minimum absolute atomic E-state index is 0.439. The van der Waals surface area contributed by atoms with Crippen LogP contribution in [0.25, 0.3) is 0 Å². The van der Waals surface area contributed by atoms with Gasteiger partial charge in [0.15, 0.2) is 5.78 Å². The average Bonchev–Trinajstić information content (AvgIpc) is 2.12. The molecule has 0 bridgehead atoms. The second kappa shape index (κ2) is 5.18. The Bertz CT molecular complexity index is 152. The van der Waals surface area contributed by atoms with Crippen molar-refractivity contribution in [1.29, 1.82) is 0 Å². The van der Waals surface area contributed by atoms with Crippen LogP contribution in [-0.2, 0) is 4.79 Å². The van der Waals surface area contributed by atoms with Crippen molar-refractivity contribution in [3.05, 3.63) is 0 Å². The first kappa shape index (κ1) is 11.5. The van der Waals surface area contributed by atoms with Gasteiger partial charge in [-0.2, -0.15) is 0 Å². The Morgan fingerprint density at radius 3 is 2.08 bits per heavy atom. The van der Waals surface area contributed by atoms with Gasteiger partial charge >= 0.3 is 0 Å². The maximum atomic E-state index is 10.9. The molecule has 0 aliphatic heterocycles. The summed E-state index contributed by atoms with van der Waals surface area (Å²) in [6.45, 7) is -1.13. The molecule has 0 radical (unpaired) electrons. The van der Waals surface area contributed by atoms with Crippen molar-refractivity contribution < 1.29 is 20.1 Å². The van der Waals surface area contributed by atoms with Gasteiger partial charge in [0.25, 0.3) is 0 Å². The van der Waals surface area contributed by atoms with Crippen LogP contribution in [0.5, 0.6) is 0 Å². The molecule has 0 saturated heterocycles. The second-order valence-corrected chi connectivity index (χ2v) is 2.47. The van der Waals surface area contributed by atoms with E-state index in [0.29, 0.717) is 0 Å². The molecule has 0 rings (SSSR count). The van der Waals surface area contributed by atoms with Gasteiger partial charge < -0.3 is 26.8 Å². The number of aliphatic hydroxyl groups excluding tert-OH is 3. The lowest BCUT2D eigenvalue weighted by Crippen LogP contribution is -2.53. The number of carbonyl (C=O) groups excluding carboxylic acids is 1. The third-order valence-electron chi connectivity index (χ3n) is 1.50. The van der Waals surface area contributed by atoms with Gasteiger partial charge in [-0.05, 0) is 0 Å². The van der Waals surface area contributed by atoms with Crippen molar-refractivity contribution in [2.24, 2.45) is 11.5 Å². The van der Waals surface area contributed by atoms with E-state index in [-0.39, 0.29) is 0 Å². The number of rotatable bonds is 5. The summed E-state index contributed by atoms with van der Waals surface area (Å²) in [4.78, 5) is 10.9. The van der Waals surface area contributed by atoms with Gasteiger partial charge in [-0.3, -0.25) is 4.79 Å². The molecule has 6 heteroatoms. The summed E-state index contributed by atoms with van der Waals surface area (Å²) in [6.07, 6.45) is -1.52. The largest absolute Gasteiger partial charge is 0.395 e. The molecule has 0 saturated carbocycles. The van der Waals surface area contributed by atoms with E-state index in [1.807, 2.05) is 0 Å². The molecule has 6 nitrogen and oxygen atoms in total. The topological polar surface area (TPSA) is 130 Å². The van der Waals surface area contributed by atoms with Crippen LogP contribution in [0.15, 0.2) is 0 Å². The van der Waals surface area contributed by atoms with Gasteiger partial charge in [-0.15, -0.1) is 0 Å². The van der Waals surface area contributed by atoms with Crippen molar-refractivity contribution in [2.45, 2.75) is 18.2 Å². The minimum atomic E-state index is -1.52. The molecule has 0 aliphatic carbocycles. The summed E-state index contributed by atoms with van der Waals surface area (Å²) in [5.74, 6) is -0.765.